The van der Waals surface area contributed by atoms with Gasteiger partial charge in [-0.1, -0.05) is 13.3 Å². The maximum atomic E-state index is 12.7. The van der Waals surface area contributed by atoms with Crippen LogP contribution in [0.15, 0.2) is 17.2 Å². The highest BCUT2D eigenvalue weighted by Gasteiger charge is 2.48. The number of nitriles is 1. The van der Waals surface area contributed by atoms with Gasteiger partial charge in [0.1, 0.15) is 11.1 Å². The van der Waals surface area contributed by atoms with E-state index in [0.717, 1.165) is 56.0 Å². The van der Waals surface area contributed by atoms with Gasteiger partial charge in [-0.15, -0.1) is 11.8 Å². The summed E-state index contributed by atoms with van der Waals surface area (Å²) in [6.45, 7) is 4.93. The second-order valence-electron chi connectivity index (χ2n) is 8.64. The lowest BCUT2D eigenvalue weighted by molar-refractivity contribution is -0.153. The van der Waals surface area contributed by atoms with Gasteiger partial charge in [0, 0.05) is 38.1 Å². The standard InChI is InChI=1S/C22H30N4OS.CH2O2/c1-3-5-19-16-10-17(20-6-4-7-21(27)26(19)20)13-25(12-16)14-18-9-8-15(11-23)22(24-18)28-2;2-1-3/h8-9,16-17,19-20H,3-7,10,12-14H2,1-2H3;1H,(H,2,3)/t16-,17+,19-,20-;/m0./s1. The third-order valence-corrected chi connectivity index (χ3v) is 7.47. The van der Waals surface area contributed by atoms with Gasteiger partial charge in [-0.2, -0.15) is 5.26 Å². The third-order valence-electron chi connectivity index (χ3n) is 6.77. The molecule has 31 heavy (non-hydrogen) atoms. The summed E-state index contributed by atoms with van der Waals surface area (Å²) in [5, 5.41) is 16.9. The second-order valence-corrected chi connectivity index (χ2v) is 9.44. The number of aromatic nitrogens is 1. The van der Waals surface area contributed by atoms with Gasteiger partial charge in [0.25, 0.3) is 6.47 Å². The molecule has 4 atom stereocenters. The van der Waals surface area contributed by atoms with Crippen LogP contribution in [0.5, 0.6) is 0 Å². The van der Waals surface area contributed by atoms with Crippen molar-refractivity contribution in [2.45, 2.75) is 69.1 Å². The van der Waals surface area contributed by atoms with Gasteiger partial charge in [0.05, 0.1) is 11.3 Å². The average Bonchev–Trinajstić information content (AvgIpc) is 2.77. The zero-order chi connectivity index (χ0) is 22.4. The van der Waals surface area contributed by atoms with E-state index >= 15 is 0 Å². The highest BCUT2D eigenvalue weighted by atomic mass is 32.2. The van der Waals surface area contributed by atoms with E-state index < -0.39 is 0 Å². The Morgan fingerprint density at radius 1 is 1.35 bits per heavy atom. The topological polar surface area (TPSA) is 97.5 Å². The molecule has 0 spiro atoms. The summed E-state index contributed by atoms with van der Waals surface area (Å²) in [7, 11) is 0. The van der Waals surface area contributed by atoms with E-state index in [1.807, 2.05) is 18.4 Å². The number of fused-ring (bicyclic) bond motifs is 4. The second kappa shape index (κ2) is 11.0. The summed E-state index contributed by atoms with van der Waals surface area (Å²) in [6.07, 6.45) is 8.47. The minimum Gasteiger partial charge on any atom is -0.483 e. The molecule has 3 aliphatic heterocycles. The average molecular weight is 445 g/mol. The lowest BCUT2D eigenvalue weighted by atomic mass is 9.71. The first kappa shape index (κ1) is 23.6. The van der Waals surface area contributed by atoms with Crippen molar-refractivity contribution in [2.24, 2.45) is 11.8 Å². The molecule has 3 saturated heterocycles. The van der Waals surface area contributed by atoms with E-state index in [9.17, 15) is 10.1 Å². The molecular formula is C23H32N4O3S. The predicted octanol–water partition coefficient (Wildman–Crippen LogP) is 3.38. The van der Waals surface area contributed by atoms with Gasteiger partial charge >= 0.3 is 0 Å². The molecule has 8 heteroatoms. The molecule has 3 aliphatic rings. The molecule has 3 fully saturated rings. The fraction of sp³-hybridized carbons (Fsp3) is 0.652. The van der Waals surface area contributed by atoms with Gasteiger partial charge in [0.15, 0.2) is 0 Å². The number of rotatable bonds is 5. The molecule has 7 nitrogen and oxygen atoms in total. The van der Waals surface area contributed by atoms with Crippen LogP contribution in [0.25, 0.3) is 0 Å². The molecule has 2 bridgehead atoms. The van der Waals surface area contributed by atoms with Crippen molar-refractivity contribution in [3.05, 3.63) is 23.4 Å². The van der Waals surface area contributed by atoms with Gasteiger partial charge in [0.2, 0.25) is 5.91 Å². The SMILES string of the molecule is CCC[C@H]1[C@H]2C[C@H](CN(Cc3ccc(C#N)c(SC)n3)C2)[C@@H]2CCCC(=O)N21.O=CO. The Morgan fingerprint density at radius 2 is 2.10 bits per heavy atom. The van der Waals surface area contributed by atoms with Crippen LogP contribution in [0.3, 0.4) is 0 Å². The third kappa shape index (κ3) is 5.21. The maximum Gasteiger partial charge on any atom is 0.290 e. The molecule has 0 radical (unpaired) electrons. The van der Waals surface area contributed by atoms with Crippen molar-refractivity contribution in [1.29, 1.82) is 5.26 Å². The van der Waals surface area contributed by atoms with E-state index in [0.29, 0.717) is 35.4 Å². The van der Waals surface area contributed by atoms with Gasteiger partial charge < -0.3 is 10.0 Å². The quantitative estimate of drug-likeness (QED) is 0.549. The van der Waals surface area contributed by atoms with Crippen molar-refractivity contribution >= 4 is 24.1 Å². The smallest absolute Gasteiger partial charge is 0.290 e. The Balaban J connectivity index is 0.000000858. The summed E-state index contributed by atoms with van der Waals surface area (Å²) >= 11 is 1.54. The number of nitrogens with zero attached hydrogens (tertiary/aromatic N) is 4. The van der Waals surface area contributed by atoms with E-state index in [-0.39, 0.29) is 6.47 Å². The molecule has 1 aromatic heterocycles. The number of likely N-dealkylation sites (tertiary alicyclic amines) is 1. The van der Waals surface area contributed by atoms with Gasteiger partial charge in [-0.05, 0) is 55.9 Å². The molecule has 4 heterocycles. The van der Waals surface area contributed by atoms with Crippen LogP contribution in [-0.2, 0) is 16.1 Å². The zero-order valence-electron chi connectivity index (χ0n) is 18.4. The molecule has 168 valence electrons. The first-order chi connectivity index (χ1) is 15.1. The summed E-state index contributed by atoms with van der Waals surface area (Å²) in [5.74, 6) is 1.57. The Hall–Kier alpha value is -2.11. The summed E-state index contributed by atoms with van der Waals surface area (Å²) in [6, 6.07) is 6.99. The largest absolute Gasteiger partial charge is 0.483 e. The van der Waals surface area contributed by atoms with Crippen molar-refractivity contribution < 1.29 is 14.7 Å². The van der Waals surface area contributed by atoms with Crippen LogP contribution in [0, 0.1) is 23.2 Å². The van der Waals surface area contributed by atoms with Crippen molar-refractivity contribution in [2.75, 3.05) is 19.3 Å². The Kier molecular flexibility index (Phi) is 8.33. The number of amides is 1. The van der Waals surface area contributed by atoms with Crippen LogP contribution in [0.1, 0.15) is 56.7 Å². The monoisotopic (exact) mass is 444 g/mol. The van der Waals surface area contributed by atoms with Crippen LogP contribution >= 0.6 is 11.8 Å². The molecule has 4 rings (SSSR count). The lowest BCUT2D eigenvalue weighted by Gasteiger charge is -2.56. The molecule has 0 aliphatic carbocycles. The van der Waals surface area contributed by atoms with Gasteiger partial charge in [-0.25, -0.2) is 4.98 Å². The van der Waals surface area contributed by atoms with E-state index in [4.69, 9.17) is 14.9 Å². The number of hydrogen-bond acceptors (Lipinski definition) is 6. The highest BCUT2D eigenvalue weighted by molar-refractivity contribution is 7.98. The fourth-order valence-corrected chi connectivity index (χ4v) is 6.25. The predicted molar refractivity (Wildman–Crippen MR) is 119 cm³/mol. The minimum atomic E-state index is -0.250. The van der Waals surface area contributed by atoms with Crippen molar-refractivity contribution in [1.82, 2.24) is 14.8 Å². The number of carbonyl (C=O) groups is 2. The molecule has 0 aromatic carbocycles. The number of hydrogen-bond donors (Lipinski definition) is 1. The summed E-state index contributed by atoms with van der Waals surface area (Å²) in [5.41, 5.74) is 1.71. The molecule has 0 saturated carbocycles. The van der Waals surface area contributed by atoms with Crippen LogP contribution in [0.2, 0.25) is 0 Å². The summed E-state index contributed by atoms with van der Waals surface area (Å²) in [4.78, 5) is 30.7. The first-order valence-electron chi connectivity index (χ1n) is 11.1. The van der Waals surface area contributed by atoms with E-state index in [1.54, 1.807) is 0 Å². The fourth-order valence-electron chi connectivity index (χ4n) is 5.71. The number of thioether (sulfide) groups is 1. The van der Waals surface area contributed by atoms with E-state index in [1.165, 1.54) is 24.6 Å². The molecule has 1 N–H and O–H groups in total. The molecule has 1 aromatic rings. The van der Waals surface area contributed by atoms with Gasteiger partial charge in [-0.3, -0.25) is 14.5 Å². The minimum absolute atomic E-state index is 0.250. The number of piperidine rings is 3. The zero-order valence-corrected chi connectivity index (χ0v) is 19.2. The van der Waals surface area contributed by atoms with Crippen molar-refractivity contribution in [3.8, 4) is 6.07 Å². The Bertz CT molecular complexity index is 828. The highest BCUT2D eigenvalue weighted by Crippen LogP contribution is 2.43. The first-order valence-corrected chi connectivity index (χ1v) is 12.3. The summed E-state index contributed by atoms with van der Waals surface area (Å²) < 4.78 is 0. The molecule has 0 unspecified atom stereocenters. The molecule has 1 amide bonds. The number of carboxylic acid groups (broad SMARTS) is 1. The lowest BCUT2D eigenvalue weighted by Crippen LogP contribution is -2.64. The van der Waals surface area contributed by atoms with Crippen molar-refractivity contribution in [3.63, 3.8) is 0 Å². The Morgan fingerprint density at radius 3 is 2.77 bits per heavy atom. The normalized spacial score (nSPS) is 27.5. The number of pyridine rings is 1. The van der Waals surface area contributed by atoms with Crippen LogP contribution in [-0.4, -0.2) is 63.7 Å². The maximum absolute atomic E-state index is 12.7. The van der Waals surface area contributed by atoms with Crippen LogP contribution in [0.4, 0.5) is 0 Å². The number of carbonyl (C=O) groups excluding carboxylic acids is 1. The van der Waals surface area contributed by atoms with Crippen LogP contribution < -0.4 is 0 Å². The molecular weight excluding hydrogens is 412 g/mol. The van der Waals surface area contributed by atoms with E-state index in [2.05, 4.69) is 22.8 Å². The Labute approximate surface area is 188 Å².